The summed E-state index contributed by atoms with van der Waals surface area (Å²) in [4.78, 5) is 96.4. The van der Waals surface area contributed by atoms with E-state index in [1.807, 2.05) is 103 Å². The van der Waals surface area contributed by atoms with Crippen molar-refractivity contribution in [2.45, 2.75) is 128 Å². The zero-order valence-electron chi connectivity index (χ0n) is 43.0. The average Bonchev–Trinajstić information content (AvgIpc) is 3.90. The largest absolute Gasteiger partial charge is 0.480 e. The van der Waals surface area contributed by atoms with Gasteiger partial charge in [-0.15, -0.1) is 0 Å². The topological polar surface area (TPSA) is 212 Å². The first-order chi connectivity index (χ1) is 35.5. The number of carboxylic acids is 1. The Labute approximate surface area is 434 Å². The Morgan fingerprint density at radius 2 is 1.24 bits per heavy atom. The van der Waals surface area contributed by atoms with Gasteiger partial charge in [0.1, 0.15) is 35.3 Å². The molecule has 1 heterocycles. The highest BCUT2D eigenvalue weighted by molar-refractivity contribution is 5.99. The van der Waals surface area contributed by atoms with Crippen molar-refractivity contribution in [2.24, 2.45) is 0 Å². The van der Waals surface area contributed by atoms with Crippen molar-refractivity contribution in [1.82, 2.24) is 31.5 Å². The first-order valence-corrected chi connectivity index (χ1v) is 25.6. The van der Waals surface area contributed by atoms with Crippen LogP contribution in [-0.4, -0.2) is 94.5 Å². The maximum Gasteiger partial charge on any atom is 0.407 e. The van der Waals surface area contributed by atoms with Crippen LogP contribution < -0.4 is 26.6 Å². The molecule has 6 N–H and O–H groups in total. The molecular weight excluding hydrogens is 937 g/mol. The standard InChI is InChI=1S/C59H70N6O9/c1-6-7-20-41-29-31-42(32-30-41)43-33-35-44(36-34-43)53(68)62-48(27-17-18-37-60-57(73)74-58(3,4)5)55(70)65-38-19-28-50(65)54(69)61-40(2)52(67)63-49(56(71)72)39-51(66)64-59(45-21-11-8-12-22-45,46-23-13-9-14-24-46)47-25-15-10-16-26-47/h8-16,21-26,29-36,40,48-50H,6-7,17-20,27-28,37-39H2,1-5H3,(H,60,73)(H,61,69)(H,62,68)(H,63,67)(H,64,66)(H,71,72)/t40-,48-,49-,50-/m0/s1. The van der Waals surface area contributed by atoms with Gasteiger partial charge in [0.2, 0.25) is 23.6 Å². The number of nitrogens with one attached hydrogen (secondary N) is 5. The van der Waals surface area contributed by atoms with Gasteiger partial charge in [-0.2, -0.15) is 0 Å². The lowest BCUT2D eigenvalue weighted by molar-refractivity contribution is -0.144. The molecule has 0 bridgehead atoms. The quantitative estimate of drug-likeness (QED) is 0.0276. The van der Waals surface area contributed by atoms with E-state index in [1.165, 1.54) is 17.4 Å². The molecular formula is C59H70N6O9. The van der Waals surface area contributed by atoms with E-state index in [0.29, 0.717) is 24.8 Å². The third-order valence-corrected chi connectivity index (χ3v) is 13.0. The molecule has 15 heteroatoms. The normalized spacial score (nSPS) is 14.7. The second-order valence-electron chi connectivity index (χ2n) is 19.7. The number of aliphatic carboxylic acids is 1. The van der Waals surface area contributed by atoms with Gasteiger partial charge in [0.25, 0.3) is 5.91 Å². The predicted molar refractivity (Wildman–Crippen MR) is 284 cm³/mol. The molecule has 1 saturated heterocycles. The molecule has 0 aliphatic carbocycles. The Morgan fingerprint density at radius 1 is 0.689 bits per heavy atom. The van der Waals surface area contributed by atoms with Crippen molar-refractivity contribution in [3.63, 3.8) is 0 Å². The first-order valence-electron chi connectivity index (χ1n) is 25.6. The number of ether oxygens (including phenoxy) is 1. The lowest BCUT2D eigenvalue weighted by Gasteiger charge is -2.37. The number of amides is 6. The third-order valence-electron chi connectivity index (χ3n) is 13.0. The van der Waals surface area contributed by atoms with Gasteiger partial charge in [-0.25, -0.2) is 9.59 Å². The zero-order chi connectivity index (χ0) is 53.3. The molecule has 0 unspecified atom stereocenters. The Morgan fingerprint density at radius 3 is 1.77 bits per heavy atom. The molecule has 5 aromatic rings. The number of nitrogens with zero attached hydrogens (tertiary/aromatic N) is 1. The summed E-state index contributed by atoms with van der Waals surface area (Å²) in [6, 6.07) is 38.4. The van der Waals surface area contributed by atoms with Crippen LogP contribution in [0.4, 0.5) is 4.79 Å². The molecule has 1 aliphatic rings. The minimum Gasteiger partial charge on any atom is -0.480 e. The number of carboxylic acid groups (broad SMARTS) is 1. The van der Waals surface area contributed by atoms with Gasteiger partial charge in [-0.05, 0) is 118 Å². The van der Waals surface area contributed by atoms with E-state index in [0.717, 1.165) is 47.1 Å². The average molecular weight is 1010 g/mol. The van der Waals surface area contributed by atoms with Crippen LogP contribution in [0, 0.1) is 0 Å². The van der Waals surface area contributed by atoms with Crippen molar-refractivity contribution in [3.05, 3.63) is 167 Å². The van der Waals surface area contributed by atoms with Crippen LogP contribution in [0.5, 0.6) is 0 Å². The highest BCUT2D eigenvalue weighted by atomic mass is 16.6. The molecule has 6 rings (SSSR count). The molecule has 6 amide bonds. The highest BCUT2D eigenvalue weighted by Crippen LogP contribution is 2.37. The minimum absolute atomic E-state index is 0.194. The summed E-state index contributed by atoms with van der Waals surface area (Å²) in [7, 11) is 0. The van der Waals surface area contributed by atoms with Gasteiger partial charge in [-0.3, -0.25) is 24.0 Å². The van der Waals surface area contributed by atoms with Crippen LogP contribution in [0.15, 0.2) is 140 Å². The van der Waals surface area contributed by atoms with E-state index in [1.54, 1.807) is 32.9 Å². The Hall–Kier alpha value is -7.81. The molecule has 74 heavy (non-hydrogen) atoms. The lowest BCUT2D eigenvalue weighted by Crippen LogP contribution is -2.57. The highest BCUT2D eigenvalue weighted by Gasteiger charge is 2.41. The molecule has 0 spiro atoms. The van der Waals surface area contributed by atoms with Gasteiger partial charge in [-0.1, -0.05) is 141 Å². The maximum absolute atomic E-state index is 14.5. The molecule has 0 saturated carbocycles. The van der Waals surface area contributed by atoms with E-state index >= 15 is 0 Å². The molecule has 0 radical (unpaired) electrons. The Bertz CT molecular complexity index is 2580. The summed E-state index contributed by atoms with van der Waals surface area (Å²) in [5, 5.41) is 24.1. The zero-order valence-corrected chi connectivity index (χ0v) is 43.0. The van der Waals surface area contributed by atoms with E-state index in [-0.39, 0.29) is 25.9 Å². The Balaban J connectivity index is 1.11. The lowest BCUT2D eigenvalue weighted by atomic mass is 9.77. The number of carbonyl (C=O) groups excluding carboxylic acids is 6. The molecule has 5 aromatic carbocycles. The van der Waals surface area contributed by atoms with Crippen LogP contribution >= 0.6 is 0 Å². The van der Waals surface area contributed by atoms with Gasteiger partial charge in [0.05, 0.1) is 6.42 Å². The van der Waals surface area contributed by atoms with Crippen molar-refractivity contribution < 1.29 is 43.4 Å². The smallest absolute Gasteiger partial charge is 0.407 e. The van der Waals surface area contributed by atoms with Crippen molar-refractivity contribution in [2.75, 3.05) is 13.1 Å². The number of carbonyl (C=O) groups is 7. The first kappa shape index (κ1) is 55.5. The van der Waals surface area contributed by atoms with E-state index in [2.05, 4.69) is 57.8 Å². The number of aryl methyl sites for hydroxylation is 1. The van der Waals surface area contributed by atoms with E-state index < -0.39 is 83.3 Å². The van der Waals surface area contributed by atoms with Crippen molar-refractivity contribution in [1.29, 1.82) is 0 Å². The van der Waals surface area contributed by atoms with Crippen LogP contribution in [0.2, 0.25) is 0 Å². The fraction of sp³-hybridized carbons (Fsp3) is 0.373. The summed E-state index contributed by atoms with van der Waals surface area (Å²) in [5.74, 6) is -4.57. The molecule has 0 aromatic heterocycles. The monoisotopic (exact) mass is 1010 g/mol. The second-order valence-corrected chi connectivity index (χ2v) is 19.7. The SMILES string of the molecule is CCCCc1ccc(-c2ccc(C(=O)N[C@@H](CCCCNC(=O)OC(C)(C)C)C(=O)N3CCC[C@H]3C(=O)N[C@@H](C)C(=O)N[C@@H](CC(=O)NC(c3ccccc3)(c3ccccc3)c3ccccc3)C(=O)O)cc2)cc1. The number of benzene rings is 5. The molecule has 4 atom stereocenters. The summed E-state index contributed by atoms with van der Waals surface area (Å²) < 4.78 is 5.33. The maximum atomic E-state index is 14.5. The second kappa shape index (κ2) is 26.2. The fourth-order valence-electron chi connectivity index (χ4n) is 9.14. The number of alkyl carbamates (subject to hydrolysis) is 1. The molecule has 1 aliphatic heterocycles. The van der Waals surface area contributed by atoms with Crippen molar-refractivity contribution >= 4 is 41.6 Å². The van der Waals surface area contributed by atoms with Gasteiger partial charge >= 0.3 is 12.1 Å². The number of likely N-dealkylation sites (tertiary alicyclic amines) is 1. The minimum atomic E-state index is -1.67. The van der Waals surface area contributed by atoms with Crippen LogP contribution in [-0.2, 0) is 40.7 Å². The number of hydrogen-bond donors (Lipinski definition) is 6. The number of rotatable bonds is 23. The predicted octanol–water partition coefficient (Wildman–Crippen LogP) is 8.05. The van der Waals surface area contributed by atoms with Gasteiger partial charge in [0.15, 0.2) is 0 Å². The van der Waals surface area contributed by atoms with E-state index in [9.17, 15) is 38.7 Å². The van der Waals surface area contributed by atoms with Gasteiger partial charge in [0, 0.05) is 18.7 Å². The van der Waals surface area contributed by atoms with E-state index in [4.69, 9.17) is 4.74 Å². The molecule has 390 valence electrons. The van der Waals surface area contributed by atoms with Gasteiger partial charge < -0.3 is 41.3 Å². The van der Waals surface area contributed by atoms with Crippen molar-refractivity contribution in [3.8, 4) is 11.1 Å². The van der Waals surface area contributed by atoms with Crippen LogP contribution in [0.1, 0.15) is 119 Å². The molecule has 1 fully saturated rings. The summed E-state index contributed by atoms with van der Waals surface area (Å²) >= 11 is 0. The van der Waals surface area contributed by atoms with Crippen LogP contribution in [0.3, 0.4) is 0 Å². The number of hydrogen-bond acceptors (Lipinski definition) is 8. The summed E-state index contributed by atoms with van der Waals surface area (Å²) in [5.41, 5.74) is 3.81. The molecule has 15 nitrogen and oxygen atoms in total. The Kier molecular flexibility index (Phi) is 19.7. The summed E-state index contributed by atoms with van der Waals surface area (Å²) in [6.07, 6.45) is 3.87. The fourth-order valence-corrected chi connectivity index (χ4v) is 9.14. The third kappa shape index (κ3) is 15.1. The number of unbranched alkanes of at least 4 members (excludes halogenated alkanes) is 2. The van der Waals surface area contributed by atoms with Crippen LogP contribution in [0.25, 0.3) is 11.1 Å². The summed E-state index contributed by atoms with van der Waals surface area (Å²) in [6.45, 7) is 9.32.